The summed E-state index contributed by atoms with van der Waals surface area (Å²) in [5.74, 6) is -0.0867. The number of likely N-dealkylation sites (N-methyl/N-ethyl adjacent to an activating group) is 1. The van der Waals surface area contributed by atoms with E-state index in [9.17, 15) is 9.35 Å². The van der Waals surface area contributed by atoms with Crippen molar-refractivity contribution in [3.8, 4) is 0 Å². The average Bonchev–Trinajstić information content (AvgIpc) is 2.39. The molecule has 0 aliphatic carbocycles. The van der Waals surface area contributed by atoms with Crippen molar-refractivity contribution in [3.63, 3.8) is 0 Å². The molecule has 0 fully saturated rings. The maximum atomic E-state index is 12.3. The zero-order valence-corrected chi connectivity index (χ0v) is 13.1. The van der Waals surface area contributed by atoms with E-state index in [1.54, 1.807) is 18.0 Å². The van der Waals surface area contributed by atoms with Gasteiger partial charge in [-0.05, 0) is 38.0 Å². The van der Waals surface area contributed by atoms with Gasteiger partial charge in [-0.1, -0.05) is 24.8 Å². The third-order valence-corrected chi connectivity index (χ3v) is 4.87. The number of hydrogen-bond donors (Lipinski definition) is 1. The standard InChI is InChI=1S/C15H20N2O2S/c1-10-11-8-6-7-9-12(11)14(18)17(5)13(10)16-20(19)15(2,3)4/h6-9,13,16H,1H2,2-5H3/t13-,20-/m1/s1. The Morgan fingerprint density at radius 1 is 1.30 bits per heavy atom. The van der Waals surface area contributed by atoms with Crippen molar-refractivity contribution in [2.24, 2.45) is 0 Å². The molecule has 0 unspecified atom stereocenters. The Kier molecular flexibility index (Phi) is 3.95. The molecular formula is C15H20N2O2S. The lowest BCUT2D eigenvalue weighted by molar-refractivity contribution is 0.0748. The number of benzene rings is 1. The molecule has 1 heterocycles. The van der Waals surface area contributed by atoms with Crippen LogP contribution >= 0.6 is 0 Å². The summed E-state index contributed by atoms with van der Waals surface area (Å²) in [6, 6.07) is 7.37. The highest BCUT2D eigenvalue weighted by atomic mass is 32.2. The highest BCUT2D eigenvalue weighted by Crippen LogP contribution is 2.30. The van der Waals surface area contributed by atoms with Crippen LogP contribution in [0.5, 0.6) is 0 Å². The summed E-state index contributed by atoms with van der Waals surface area (Å²) in [6.45, 7) is 9.73. The summed E-state index contributed by atoms with van der Waals surface area (Å²) in [5, 5.41) is 0. The number of carbonyl (C=O) groups excluding carboxylic acids is 1. The molecule has 2 rings (SSSR count). The summed E-state index contributed by atoms with van der Waals surface area (Å²) in [4.78, 5) is 13.9. The summed E-state index contributed by atoms with van der Waals surface area (Å²) in [7, 11) is 1.70. The molecule has 108 valence electrons. The second-order valence-electron chi connectivity index (χ2n) is 5.89. The number of carbonyl (C=O) groups is 1. The van der Waals surface area contributed by atoms with Crippen LogP contribution in [0.15, 0.2) is 30.8 Å². The van der Waals surface area contributed by atoms with Gasteiger partial charge in [-0.2, -0.15) is 0 Å². The van der Waals surface area contributed by atoms with E-state index in [0.29, 0.717) is 5.56 Å². The summed E-state index contributed by atoms with van der Waals surface area (Å²) in [6.07, 6.45) is -0.447. The second-order valence-corrected chi connectivity index (χ2v) is 7.89. The monoisotopic (exact) mass is 292 g/mol. The molecule has 1 aliphatic rings. The van der Waals surface area contributed by atoms with Gasteiger partial charge in [-0.25, -0.2) is 0 Å². The number of nitrogens with zero attached hydrogens (tertiary/aromatic N) is 1. The van der Waals surface area contributed by atoms with E-state index < -0.39 is 22.3 Å². The lowest BCUT2D eigenvalue weighted by atomic mass is 9.93. The first-order valence-electron chi connectivity index (χ1n) is 6.47. The molecule has 1 N–H and O–H groups in total. The third-order valence-electron chi connectivity index (χ3n) is 3.32. The van der Waals surface area contributed by atoms with Crippen LogP contribution in [0.3, 0.4) is 0 Å². The molecule has 2 atom stereocenters. The molecule has 0 bridgehead atoms. The van der Waals surface area contributed by atoms with Gasteiger partial charge in [-0.15, -0.1) is 4.72 Å². The van der Waals surface area contributed by atoms with Gasteiger partial charge in [0.2, 0.25) is 0 Å². The van der Waals surface area contributed by atoms with Gasteiger partial charge in [0, 0.05) is 24.0 Å². The molecular weight excluding hydrogens is 272 g/mol. The molecule has 0 spiro atoms. The summed E-state index contributed by atoms with van der Waals surface area (Å²) in [5.41, 5.74) is 2.22. The van der Waals surface area contributed by atoms with Crippen LogP contribution in [-0.2, 0) is 11.4 Å². The van der Waals surface area contributed by atoms with Crippen molar-refractivity contribution in [2.75, 3.05) is 7.05 Å². The maximum absolute atomic E-state index is 12.3. The Morgan fingerprint density at radius 2 is 1.85 bits per heavy atom. The Morgan fingerprint density at radius 3 is 2.40 bits per heavy atom. The van der Waals surface area contributed by atoms with Crippen molar-refractivity contribution >= 4 is 22.8 Å². The van der Waals surface area contributed by atoms with E-state index in [0.717, 1.165) is 11.1 Å². The van der Waals surface area contributed by atoms with Crippen molar-refractivity contribution in [2.45, 2.75) is 31.7 Å². The lowest BCUT2D eigenvalue weighted by Crippen LogP contribution is -2.55. The molecule has 1 aromatic rings. The van der Waals surface area contributed by atoms with Crippen LogP contribution in [-0.4, -0.2) is 33.3 Å². The van der Waals surface area contributed by atoms with E-state index >= 15 is 0 Å². The smallest absolute Gasteiger partial charge is 0.255 e. The van der Waals surface area contributed by atoms with E-state index in [-0.39, 0.29) is 5.91 Å². The van der Waals surface area contributed by atoms with Crippen LogP contribution < -0.4 is 4.72 Å². The maximum Gasteiger partial charge on any atom is 0.255 e. The third kappa shape index (κ3) is 2.61. The van der Waals surface area contributed by atoms with Gasteiger partial charge in [0.25, 0.3) is 5.91 Å². The molecule has 4 nitrogen and oxygen atoms in total. The number of hydrogen-bond acceptors (Lipinski definition) is 3. The molecule has 5 heteroatoms. The van der Waals surface area contributed by atoms with E-state index in [1.165, 1.54) is 0 Å². The van der Waals surface area contributed by atoms with E-state index in [2.05, 4.69) is 11.3 Å². The van der Waals surface area contributed by atoms with Crippen molar-refractivity contribution < 1.29 is 9.35 Å². The first-order chi connectivity index (χ1) is 9.23. The van der Waals surface area contributed by atoms with Crippen LogP contribution in [0.25, 0.3) is 5.57 Å². The minimum atomic E-state index is -1.27. The van der Waals surface area contributed by atoms with Gasteiger partial charge in [-0.3, -0.25) is 4.79 Å². The predicted molar refractivity (Wildman–Crippen MR) is 82.4 cm³/mol. The Hall–Kier alpha value is -1.30. The predicted octanol–water partition coefficient (Wildman–Crippen LogP) is 2.16. The largest absolute Gasteiger partial charge is 0.598 e. The number of amides is 1. The minimum Gasteiger partial charge on any atom is -0.598 e. The van der Waals surface area contributed by atoms with Crippen LogP contribution in [0.1, 0.15) is 36.7 Å². The molecule has 1 amide bonds. The van der Waals surface area contributed by atoms with Crippen molar-refractivity contribution in [3.05, 3.63) is 42.0 Å². The van der Waals surface area contributed by atoms with E-state index in [1.807, 2.05) is 39.0 Å². The van der Waals surface area contributed by atoms with Crippen LogP contribution in [0.4, 0.5) is 0 Å². The molecule has 0 saturated heterocycles. The molecule has 0 aromatic heterocycles. The molecule has 1 aromatic carbocycles. The quantitative estimate of drug-likeness (QED) is 0.850. The summed E-state index contributed by atoms with van der Waals surface area (Å²) < 4.78 is 14.9. The first-order valence-corrected chi connectivity index (χ1v) is 7.62. The SMILES string of the molecule is C=C1c2ccccc2C(=O)N(C)[C@H]1N[S@+]([O-])C(C)(C)C. The Balaban J connectivity index is 2.33. The average molecular weight is 292 g/mol. The Labute approximate surface area is 123 Å². The fourth-order valence-corrected chi connectivity index (χ4v) is 2.92. The Bertz CT molecular complexity index is 551. The lowest BCUT2D eigenvalue weighted by Gasteiger charge is -2.37. The fraction of sp³-hybridized carbons (Fsp3) is 0.400. The number of rotatable bonds is 2. The van der Waals surface area contributed by atoms with E-state index in [4.69, 9.17) is 0 Å². The summed E-state index contributed by atoms with van der Waals surface area (Å²) >= 11 is -1.27. The highest BCUT2D eigenvalue weighted by Gasteiger charge is 2.37. The normalized spacial score (nSPS) is 20.9. The molecule has 20 heavy (non-hydrogen) atoms. The second kappa shape index (κ2) is 5.24. The number of fused-ring (bicyclic) bond motifs is 1. The van der Waals surface area contributed by atoms with Gasteiger partial charge < -0.3 is 9.45 Å². The zero-order chi connectivity index (χ0) is 15.1. The minimum absolute atomic E-state index is 0.0867. The molecule has 1 aliphatic heterocycles. The molecule has 0 radical (unpaired) electrons. The van der Waals surface area contributed by atoms with Gasteiger partial charge >= 0.3 is 0 Å². The van der Waals surface area contributed by atoms with Crippen LogP contribution in [0, 0.1) is 0 Å². The molecule has 0 saturated carbocycles. The van der Waals surface area contributed by atoms with Crippen molar-refractivity contribution in [1.82, 2.24) is 9.62 Å². The highest BCUT2D eigenvalue weighted by molar-refractivity contribution is 7.90. The van der Waals surface area contributed by atoms with Crippen LogP contribution in [0.2, 0.25) is 0 Å². The van der Waals surface area contributed by atoms with Gasteiger partial charge in [0.05, 0.1) is 0 Å². The van der Waals surface area contributed by atoms with Gasteiger partial charge in [0.15, 0.2) is 6.17 Å². The van der Waals surface area contributed by atoms with Crippen molar-refractivity contribution in [1.29, 1.82) is 0 Å². The topological polar surface area (TPSA) is 55.4 Å². The number of nitrogens with one attached hydrogen (secondary N) is 1. The van der Waals surface area contributed by atoms with Gasteiger partial charge in [0.1, 0.15) is 4.75 Å². The zero-order valence-electron chi connectivity index (χ0n) is 12.3. The fourth-order valence-electron chi connectivity index (χ4n) is 2.07. The first kappa shape index (κ1) is 15.1.